The molecule has 71 valence electrons. The summed E-state index contributed by atoms with van der Waals surface area (Å²) < 4.78 is 0. The fourth-order valence-electron chi connectivity index (χ4n) is 1.84. The maximum atomic E-state index is 2.53. The highest BCUT2D eigenvalue weighted by Crippen LogP contribution is 2.25. The van der Waals surface area contributed by atoms with Gasteiger partial charge >= 0.3 is 0 Å². The Morgan fingerprint density at radius 2 is 1.67 bits per heavy atom. The summed E-state index contributed by atoms with van der Waals surface area (Å²) in [5.74, 6) is 0. The maximum absolute atomic E-state index is 2.53. The molecule has 0 aromatic carbocycles. The van der Waals surface area contributed by atoms with Crippen LogP contribution in [0.1, 0.15) is 46.5 Å². The average Bonchev–Trinajstić information content (AvgIpc) is 2.03. The van der Waals surface area contributed by atoms with Gasteiger partial charge < -0.3 is 0 Å². The largest absolute Gasteiger partial charge is 0.299 e. The van der Waals surface area contributed by atoms with E-state index in [-0.39, 0.29) is 0 Å². The van der Waals surface area contributed by atoms with Gasteiger partial charge in [0.2, 0.25) is 0 Å². The highest BCUT2D eigenvalue weighted by molar-refractivity contribution is 4.86. The van der Waals surface area contributed by atoms with Crippen molar-refractivity contribution in [1.29, 1.82) is 0 Å². The summed E-state index contributed by atoms with van der Waals surface area (Å²) in [6, 6.07) is 0.815. The summed E-state index contributed by atoms with van der Waals surface area (Å²) in [6.45, 7) is 6.89. The fourth-order valence-corrected chi connectivity index (χ4v) is 1.84. The summed E-state index contributed by atoms with van der Waals surface area (Å²) in [6.07, 6.45) is 7.75. The van der Waals surface area contributed by atoms with Crippen LogP contribution >= 0.6 is 0 Å². The molecule has 0 bridgehead atoms. The Balaban J connectivity index is 2.45. The van der Waals surface area contributed by atoms with Gasteiger partial charge in [-0.25, -0.2) is 0 Å². The molecule has 1 fully saturated rings. The SMILES string of the molecule is CN(C1CC[CH]CC1)C(C)(C)C. The van der Waals surface area contributed by atoms with Crippen molar-refractivity contribution in [2.45, 2.75) is 58.0 Å². The number of rotatable bonds is 1. The van der Waals surface area contributed by atoms with Gasteiger partial charge in [0.15, 0.2) is 0 Å². The molecule has 1 aliphatic carbocycles. The van der Waals surface area contributed by atoms with Crippen LogP contribution in [0, 0.1) is 6.42 Å². The van der Waals surface area contributed by atoms with E-state index in [1.165, 1.54) is 25.7 Å². The van der Waals surface area contributed by atoms with Gasteiger partial charge in [-0.05, 0) is 59.9 Å². The van der Waals surface area contributed by atoms with E-state index in [2.05, 4.69) is 39.1 Å². The monoisotopic (exact) mass is 168 g/mol. The van der Waals surface area contributed by atoms with Crippen molar-refractivity contribution < 1.29 is 0 Å². The second kappa shape index (κ2) is 3.78. The molecular weight excluding hydrogens is 146 g/mol. The lowest BCUT2D eigenvalue weighted by Crippen LogP contribution is -2.46. The lowest BCUT2D eigenvalue weighted by atomic mass is 9.91. The first-order valence-electron chi connectivity index (χ1n) is 5.06. The van der Waals surface area contributed by atoms with Crippen LogP contribution in [-0.4, -0.2) is 23.5 Å². The summed E-state index contributed by atoms with van der Waals surface area (Å²) in [7, 11) is 2.26. The molecule has 0 unspecified atom stereocenters. The van der Waals surface area contributed by atoms with Crippen molar-refractivity contribution in [1.82, 2.24) is 4.90 Å². The minimum atomic E-state index is 0.335. The normalized spacial score (nSPS) is 21.8. The van der Waals surface area contributed by atoms with Crippen molar-refractivity contribution in [2.75, 3.05) is 7.05 Å². The zero-order valence-corrected chi connectivity index (χ0v) is 8.93. The standard InChI is InChI=1S/C11H22N/c1-11(2,3)12(4)10-8-6-5-7-9-10/h5,10H,6-9H2,1-4H3. The third-order valence-electron chi connectivity index (χ3n) is 3.01. The highest BCUT2D eigenvalue weighted by Gasteiger charge is 2.26. The van der Waals surface area contributed by atoms with E-state index >= 15 is 0 Å². The highest BCUT2D eigenvalue weighted by atomic mass is 15.2. The molecule has 0 amide bonds. The zero-order valence-electron chi connectivity index (χ0n) is 8.93. The minimum absolute atomic E-state index is 0.335. The number of hydrogen-bond acceptors (Lipinski definition) is 1. The molecule has 1 nitrogen and oxygen atoms in total. The van der Waals surface area contributed by atoms with Crippen molar-refractivity contribution in [3.63, 3.8) is 0 Å². The predicted octanol–water partition coefficient (Wildman–Crippen LogP) is 2.86. The first kappa shape index (κ1) is 10.0. The Bertz CT molecular complexity index is 128. The average molecular weight is 168 g/mol. The van der Waals surface area contributed by atoms with Crippen molar-refractivity contribution in [3.05, 3.63) is 6.42 Å². The lowest BCUT2D eigenvalue weighted by molar-refractivity contribution is 0.0978. The summed E-state index contributed by atoms with van der Waals surface area (Å²) in [4.78, 5) is 2.53. The maximum Gasteiger partial charge on any atom is 0.0124 e. The summed E-state index contributed by atoms with van der Waals surface area (Å²) in [5, 5.41) is 0. The molecule has 0 aliphatic heterocycles. The predicted molar refractivity (Wildman–Crippen MR) is 54.1 cm³/mol. The van der Waals surface area contributed by atoms with Crippen LogP contribution in [0.2, 0.25) is 0 Å². The van der Waals surface area contributed by atoms with E-state index in [0.717, 1.165) is 6.04 Å². The van der Waals surface area contributed by atoms with Crippen LogP contribution in [0.5, 0.6) is 0 Å². The second-order valence-corrected chi connectivity index (χ2v) is 4.88. The number of hydrogen-bond donors (Lipinski definition) is 0. The van der Waals surface area contributed by atoms with Crippen LogP contribution in [0.3, 0.4) is 0 Å². The summed E-state index contributed by atoms with van der Waals surface area (Å²) in [5.41, 5.74) is 0.335. The molecule has 1 heteroatoms. The van der Waals surface area contributed by atoms with Crippen LogP contribution < -0.4 is 0 Å². The van der Waals surface area contributed by atoms with Gasteiger partial charge in [0.05, 0.1) is 0 Å². The molecule has 0 aromatic heterocycles. The van der Waals surface area contributed by atoms with Crippen LogP contribution in [0.15, 0.2) is 0 Å². The quantitative estimate of drug-likeness (QED) is 0.582. The summed E-state index contributed by atoms with van der Waals surface area (Å²) >= 11 is 0. The number of nitrogens with zero attached hydrogens (tertiary/aromatic N) is 1. The van der Waals surface area contributed by atoms with Crippen molar-refractivity contribution in [3.8, 4) is 0 Å². The smallest absolute Gasteiger partial charge is 0.0124 e. The van der Waals surface area contributed by atoms with E-state index < -0.39 is 0 Å². The molecule has 1 saturated carbocycles. The first-order valence-corrected chi connectivity index (χ1v) is 5.06. The first-order chi connectivity index (χ1) is 5.52. The molecule has 0 atom stereocenters. The molecule has 12 heavy (non-hydrogen) atoms. The van der Waals surface area contributed by atoms with E-state index in [1.807, 2.05) is 0 Å². The topological polar surface area (TPSA) is 3.24 Å². The third kappa shape index (κ3) is 2.48. The Labute approximate surface area is 77.1 Å². The molecule has 0 spiro atoms. The molecule has 0 N–H and O–H groups in total. The van der Waals surface area contributed by atoms with Gasteiger partial charge in [0.1, 0.15) is 0 Å². The van der Waals surface area contributed by atoms with Gasteiger partial charge in [0, 0.05) is 11.6 Å². The van der Waals surface area contributed by atoms with Crippen LogP contribution in [-0.2, 0) is 0 Å². The third-order valence-corrected chi connectivity index (χ3v) is 3.01. The van der Waals surface area contributed by atoms with Crippen LogP contribution in [0.4, 0.5) is 0 Å². The van der Waals surface area contributed by atoms with E-state index in [9.17, 15) is 0 Å². The van der Waals surface area contributed by atoms with Gasteiger partial charge in [-0.15, -0.1) is 0 Å². The Morgan fingerprint density at radius 1 is 1.17 bits per heavy atom. The lowest BCUT2D eigenvalue weighted by Gasteiger charge is -2.40. The van der Waals surface area contributed by atoms with Gasteiger partial charge in [-0.3, -0.25) is 4.90 Å². The van der Waals surface area contributed by atoms with Gasteiger partial charge in [-0.1, -0.05) is 0 Å². The Morgan fingerprint density at radius 3 is 2.08 bits per heavy atom. The van der Waals surface area contributed by atoms with E-state index in [4.69, 9.17) is 0 Å². The molecule has 1 rings (SSSR count). The van der Waals surface area contributed by atoms with Gasteiger partial charge in [0.25, 0.3) is 0 Å². The van der Waals surface area contributed by atoms with Crippen molar-refractivity contribution >= 4 is 0 Å². The van der Waals surface area contributed by atoms with E-state index in [0.29, 0.717) is 5.54 Å². The Hall–Kier alpha value is -0.0400. The second-order valence-electron chi connectivity index (χ2n) is 4.88. The van der Waals surface area contributed by atoms with Gasteiger partial charge in [-0.2, -0.15) is 0 Å². The van der Waals surface area contributed by atoms with E-state index in [1.54, 1.807) is 0 Å². The molecular formula is C11H22N. The minimum Gasteiger partial charge on any atom is -0.299 e. The molecule has 0 saturated heterocycles. The fraction of sp³-hybridized carbons (Fsp3) is 0.909. The molecule has 0 aromatic rings. The zero-order chi connectivity index (χ0) is 9.19. The molecule has 1 aliphatic rings. The Kier molecular flexibility index (Phi) is 3.16. The van der Waals surface area contributed by atoms with Crippen molar-refractivity contribution in [2.24, 2.45) is 0 Å². The molecule has 1 radical (unpaired) electrons. The molecule has 0 heterocycles. The van der Waals surface area contributed by atoms with Crippen LogP contribution in [0.25, 0.3) is 0 Å².